The molecule has 0 spiro atoms. The molecular formula is C15H11N3O3S. The van der Waals surface area contributed by atoms with E-state index in [0.29, 0.717) is 16.8 Å². The smallest absolute Gasteiger partial charge is 0.280 e. The van der Waals surface area contributed by atoms with Gasteiger partial charge in [-0.15, -0.1) is 0 Å². The molecule has 0 fully saturated rings. The quantitative estimate of drug-likeness (QED) is 0.446. The number of rotatable bonds is 2. The summed E-state index contributed by atoms with van der Waals surface area (Å²) < 4.78 is 0. The van der Waals surface area contributed by atoms with Crippen LogP contribution in [0.1, 0.15) is 20.7 Å². The number of nitrogens with one attached hydrogen (secondary N) is 2. The summed E-state index contributed by atoms with van der Waals surface area (Å²) in [5, 5.41) is 13.0. The number of anilines is 1. The number of phenols is 1. The van der Waals surface area contributed by atoms with Gasteiger partial charge in [-0.1, -0.05) is 12.1 Å². The van der Waals surface area contributed by atoms with E-state index < -0.39 is 11.8 Å². The van der Waals surface area contributed by atoms with Gasteiger partial charge in [0, 0.05) is 5.69 Å². The van der Waals surface area contributed by atoms with Crippen molar-refractivity contribution in [1.29, 1.82) is 0 Å². The monoisotopic (exact) mass is 313 g/mol. The fourth-order valence-electron chi connectivity index (χ4n) is 2.10. The van der Waals surface area contributed by atoms with E-state index >= 15 is 0 Å². The number of hydrazine groups is 1. The third-order valence-electron chi connectivity index (χ3n) is 3.13. The van der Waals surface area contributed by atoms with Crippen LogP contribution in [0.5, 0.6) is 5.75 Å². The van der Waals surface area contributed by atoms with Crippen LogP contribution < -0.4 is 10.7 Å². The number of carbonyl (C=O) groups is 2. The van der Waals surface area contributed by atoms with Gasteiger partial charge in [0.25, 0.3) is 11.8 Å². The first-order valence-corrected chi connectivity index (χ1v) is 6.81. The van der Waals surface area contributed by atoms with E-state index in [1.54, 1.807) is 36.4 Å². The minimum atomic E-state index is -0.449. The summed E-state index contributed by atoms with van der Waals surface area (Å²) in [7, 11) is 0. The molecule has 3 rings (SSSR count). The molecule has 2 aromatic carbocycles. The zero-order chi connectivity index (χ0) is 15.7. The molecule has 0 atom stereocenters. The minimum Gasteiger partial charge on any atom is -0.508 e. The normalized spacial score (nSPS) is 13.0. The summed E-state index contributed by atoms with van der Waals surface area (Å²) in [6.07, 6.45) is 0. The van der Waals surface area contributed by atoms with Crippen molar-refractivity contribution in [3.05, 3.63) is 59.7 Å². The summed E-state index contributed by atoms with van der Waals surface area (Å²) in [5.41, 5.74) is 3.88. The van der Waals surface area contributed by atoms with Crippen molar-refractivity contribution in [1.82, 2.24) is 10.4 Å². The zero-order valence-electron chi connectivity index (χ0n) is 11.2. The first-order chi connectivity index (χ1) is 10.6. The van der Waals surface area contributed by atoms with Gasteiger partial charge in [-0.2, -0.15) is 5.01 Å². The molecule has 2 aromatic rings. The van der Waals surface area contributed by atoms with E-state index in [4.69, 9.17) is 12.2 Å². The lowest BCUT2D eigenvalue weighted by Crippen LogP contribution is -2.47. The van der Waals surface area contributed by atoms with Crippen molar-refractivity contribution in [2.45, 2.75) is 0 Å². The van der Waals surface area contributed by atoms with Crippen LogP contribution in [0.15, 0.2) is 48.5 Å². The minimum absolute atomic E-state index is 0.0974. The van der Waals surface area contributed by atoms with Crippen molar-refractivity contribution in [2.75, 3.05) is 5.32 Å². The molecule has 0 saturated carbocycles. The molecule has 1 aliphatic heterocycles. The van der Waals surface area contributed by atoms with Gasteiger partial charge < -0.3 is 10.4 Å². The molecule has 0 saturated heterocycles. The Morgan fingerprint density at radius 3 is 2.05 bits per heavy atom. The number of hydrogen-bond acceptors (Lipinski definition) is 4. The average molecular weight is 313 g/mol. The van der Waals surface area contributed by atoms with Crippen LogP contribution in [-0.2, 0) is 0 Å². The second-order valence-electron chi connectivity index (χ2n) is 4.60. The Balaban J connectivity index is 1.71. The van der Waals surface area contributed by atoms with E-state index in [0.717, 1.165) is 5.01 Å². The highest BCUT2D eigenvalue weighted by Gasteiger charge is 2.35. The Kier molecular flexibility index (Phi) is 3.48. The molecule has 0 unspecified atom stereocenters. The van der Waals surface area contributed by atoms with Crippen LogP contribution in [0, 0.1) is 0 Å². The number of phenolic OH excluding ortho intramolecular Hbond substituents is 1. The number of nitrogens with zero attached hydrogens (tertiary/aromatic N) is 1. The van der Waals surface area contributed by atoms with E-state index in [9.17, 15) is 14.7 Å². The molecule has 0 radical (unpaired) electrons. The van der Waals surface area contributed by atoms with E-state index in [2.05, 4.69) is 10.7 Å². The van der Waals surface area contributed by atoms with Crippen LogP contribution in [0.2, 0.25) is 0 Å². The molecule has 3 N–H and O–H groups in total. The van der Waals surface area contributed by atoms with E-state index in [1.165, 1.54) is 12.1 Å². The van der Waals surface area contributed by atoms with Gasteiger partial charge in [-0.25, -0.2) is 0 Å². The second-order valence-corrected chi connectivity index (χ2v) is 5.01. The molecule has 0 aromatic heterocycles. The summed E-state index contributed by atoms with van der Waals surface area (Å²) >= 11 is 5.09. The second kappa shape index (κ2) is 5.45. The molecule has 6 nitrogen and oxygen atoms in total. The molecule has 0 bridgehead atoms. The number of aromatic hydroxyl groups is 1. The van der Waals surface area contributed by atoms with Crippen molar-refractivity contribution >= 4 is 34.8 Å². The van der Waals surface area contributed by atoms with Crippen LogP contribution in [0.25, 0.3) is 0 Å². The van der Waals surface area contributed by atoms with Gasteiger partial charge in [0.05, 0.1) is 11.1 Å². The summed E-state index contributed by atoms with van der Waals surface area (Å²) in [5.74, 6) is -0.768. The number of benzene rings is 2. The van der Waals surface area contributed by atoms with Gasteiger partial charge >= 0.3 is 0 Å². The number of amides is 2. The first-order valence-electron chi connectivity index (χ1n) is 6.41. The number of imide groups is 1. The zero-order valence-corrected chi connectivity index (χ0v) is 12.1. The van der Waals surface area contributed by atoms with Gasteiger partial charge in [0.1, 0.15) is 5.75 Å². The van der Waals surface area contributed by atoms with Gasteiger partial charge in [-0.05, 0) is 48.6 Å². The van der Waals surface area contributed by atoms with Crippen LogP contribution in [-0.4, -0.2) is 27.0 Å². The fraction of sp³-hybridized carbons (Fsp3) is 0. The highest BCUT2D eigenvalue weighted by molar-refractivity contribution is 7.80. The van der Waals surface area contributed by atoms with Crippen molar-refractivity contribution in [3.63, 3.8) is 0 Å². The van der Waals surface area contributed by atoms with E-state index in [-0.39, 0.29) is 10.9 Å². The Hall–Kier alpha value is -2.93. The predicted octanol–water partition coefficient (Wildman–Crippen LogP) is 1.89. The molecule has 7 heteroatoms. The molecule has 22 heavy (non-hydrogen) atoms. The summed E-state index contributed by atoms with van der Waals surface area (Å²) in [4.78, 5) is 24.3. The average Bonchev–Trinajstić information content (AvgIpc) is 2.75. The number of carbonyl (C=O) groups excluding carboxylic acids is 2. The highest BCUT2D eigenvalue weighted by atomic mass is 32.1. The number of thiocarbonyl (C=S) groups is 1. The van der Waals surface area contributed by atoms with Gasteiger partial charge in [0.15, 0.2) is 5.11 Å². The third-order valence-corrected chi connectivity index (χ3v) is 3.33. The maximum atomic E-state index is 12.2. The third kappa shape index (κ3) is 2.49. The van der Waals surface area contributed by atoms with Crippen LogP contribution >= 0.6 is 12.2 Å². The topological polar surface area (TPSA) is 81.7 Å². The van der Waals surface area contributed by atoms with Crippen LogP contribution in [0.4, 0.5) is 5.69 Å². The van der Waals surface area contributed by atoms with Gasteiger partial charge in [0.2, 0.25) is 0 Å². The van der Waals surface area contributed by atoms with Crippen molar-refractivity contribution in [3.8, 4) is 5.75 Å². The lowest BCUT2D eigenvalue weighted by molar-refractivity contribution is 0.0613. The summed E-state index contributed by atoms with van der Waals surface area (Å²) in [6.45, 7) is 0. The highest BCUT2D eigenvalue weighted by Crippen LogP contribution is 2.21. The standard InChI is InChI=1S/C15H11N3O3S/c19-10-7-5-9(6-8-10)16-15(22)17-18-13(20)11-3-1-2-4-12(11)14(18)21/h1-8,19H,(H2,16,17,22). The van der Waals surface area contributed by atoms with Gasteiger partial charge in [-0.3, -0.25) is 15.0 Å². The lowest BCUT2D eigenvalue weighted by atomic mass is 10.1. The maximum absolute atomic E-state index is 12.2. The predicted molar refractivity (Wildman–Crippen MR) is 84.4 cm³/mol. The Morgan fingerprint density at radius 1 is 0.955 bits per heavy atom. The molecular weight excluding hydrogens is 302 g/mol. The molecule has 1 aliphatic rings. The Morgan fingerprint density at radius 2 is 1.50 bits per heavy atom. The largest absolute Gasteiger partial charge is 0.508 e. The van der Waals surface area contributed by atoms with Crippen molar-refractivity contribution in [2.24, 2.45) is 0 Å². The Bertz CT molecular complexity index is 739. The molecule has 0 aliphatic carbocycles. The molecule has 1 heterocycles. The SMILES string of the molecule is O=C1c2ccccc2C(=O)N1NC(=S)Nc1ccc(O)cc1. The van der Waals surface area contributed by atoms with Crippen LogP contribution in [0.3, 0.4) is 0 Å². The fourth-order valence-corrected chi connectivity index (χ4v) is 2.31. The lowest BCUT2D eigenvalue weighted by Gasteiger charge is -2.17. The maximum Gasteiger partial charge on any atom is 0.280 e. The molecule has 110 valence electrons. The number of fused-ring (bicyclic) bond motifs is 1. The van der Waals surface area contributed by atoms with Crippen molar-refractivity contribution < 1.29 is 14.7 Å². The summed E-state index contributed by atoms with van der Waals surface area (Å²) in [6, 6.07) is 12.8. The number of hydrogen-bond donors (Lipinski definition) is 3. The first kappa shape index (κ1) is 14.0. The molecule has 2 amide bonds. The Labute approximate surface area is 131 Å². The van der Waals surface area contributed by atoms with E-state index in [1.807, 2.05) is 0 Å².